The van der Waals surface area contributed by atoms with E-state index in [1.54, 1.807) is 0 Å². The molecule has 1 amide bonds. The van der Waals surface area contributed by atoms with Crippen LogP contribution in [-0.2, 0) is 11.2 Å². The van der Waals surface area contributed by atoms with Crippen molar-refractivity contribution in [1.29, 1.82) is 0 Å². The summed E-state index contributed by atoms with van der Waals surface area (Å²) in [6, 6.07) is 4.08. The monoisotopic (exact) mass is 337 g/mol. The third-order valence-corrected chi connectivity index (χ3v) is 4.89. The Bertz CT molecular complexity index is 512. The predicted octanol–water partition coefficient (Wildman–Crippen LogP) is 4.43. The van der Waals surface area contributed by atoms with Crippen LogP contribution in [0.1, 0.15) is 37.7 Å². The van der Waals surface area contributed by atoms with Crippen LogP contribution in [0.4, 0.5) is 4.79 Å². The van der Waals surface area contributed by atoms with Crippen molar-refractivity contribution >= 4 is 17.9 Å². The fourth-order valence-electron chi connectivity index (χ4n) is 2.49. The zero-order valence-corrected chi connectivity index (χ0v) is 14.9. The average Bonchev–Trinajstić information content (AvgIpc) is 3.10. The van der Waals surface area contributed by atoms with Crippen LogP contribution in [0.25, 0.3) is 0 Å². The lowest BCUT2D eigenvalue weighted by atomic mass is 10.2. The van der Waals surface area contributed by atoms with E-state index < -0.39 is 0 Å². The first-order valence-electron chi connectivity index (χ1n) is 8.44. The van der Waals surface area contributed by atoms with Gasteiger partial charge in [0.1, 0.15) is 18.1 Å². The molecule has 0 radical (unpaired) electrons. The highest BCUT2D eigenvalue weighted by molar-refractivity contribution is 7.99. The molecule has 5 heteroatoms. The number of aryl methyl sites for hydroxylation is 2. The molecule has 1 aromatic heterocycles. The van der Waals surface area contributed by atoms with Crippen molar-refractivity contribution in [3.05, 3.63) is 35.8 Å². The van der Waals surface area contributed by atoms with E-state index >= 15 is 0 Å². The maximum atomic E-state index is 11.8. The minimum absolute atomic E-state index is 0.0765. The lowest BCUT2D eigenvalue weighted by Crippen LogP contribution is -2.34. The average molecular weight is 337 g/mol. The summed E-state index contributed by atoms with van der Waals surface area (Å²) in [5.41, 5.74) is 0. The van der Waals surface area contributed by atoms with Gasteiger partial charge in [0.15, 0.2) is 0 Å². The Morgan fingerprint density at radius 3 is 3.00 bits per heavy atom. The van der Waals surface area contributed by atoms with Crippen LogP contribution in [0.5, 0.6) is 0 Å². The van der Waals surface area contributed by atoms with E-state index in [4.69, 9.17) is 9.15 Å². The van der Waals surface area contributed by atoms with E-state index in [1.165, 1.54) is 18.6 Å². The number of thioether (sulfide) groups is 1. The summed E-state index contributed by atoms with van der Waals surface area (Å²) in [5, 5.41) is 0. The highest BCUT2D eigenvalue weighted by Crippen LogP contribution is 2.16. The molecule has 1 fully saturated rings. The molecule has 1 aromatic rings. The van der Waals surface area contributed by atoms with E-state index in [0.29, 0.717) is 6.61 Å². The molecule has 128 valence electrons. The third kappa shape index (κ3) is 5.98. The quantitative estimate of drug-likeness (QED) is 0.468. The Kier molecular flexibility index (Phi) is 7.59. The zero-order chi connectivity index (χ0) is 16.5. The number of rotatable bonds is 10. The Morgan fingerprint density at radius 2 is 2.26 bits per heavy atom. The molecule has 0 saturated carbocycles. The highest BCUT2D eigenvalue weighted by atomic mass is 32.2. The summed E-state index contributed by atoms with van der Waals surface area (Å²) in [4.78, 5) is 13.6. The molecule has 0 aromatic carbocycles. The fourth-order valence-corrected chi connectivity index (χ4v) is 3.51. The molecule has 4 nitrogen and oxygen atoms in total. The minimum atomic E-state index is -0.183. The zero-order valence-electron chi connectivity index (χ0n) is 14.1. The summed E-state index contributed by atoms with van der Waals surface area (Å²) >= 11 is 1.91. The minimum Gasteiger partial charge on any atom is -0.466 e. The van der Waals surface area contributed by atoms with Gasteiger partial charge in [-0.05, 0) is 37.7 Å². The molecule has 0 spiro atoms. The molecular formula is C18H27NO3S. The van der Waals surface area contributed by atoms with Crippen LogP contribution in [0.2, 0.25) is 0 Å². The lowest BCUT2D eigenvalue weighted by molar-refractivity contribution is 0.159. The van der Waals surface area contributed by atoms with Crippen molar-refractivity contribution in [2.75, 3.05) is 24.7 Å². The van der Waals surface area contributed by atoms with Crippen molar-refractivity contribution in [1.82, 2.24) is 4.90 Å². The number of cyclic esters (lactones) is 1. The van der Waals surface area contributed by atoms with Crippen LogP contribution in [0.15, 0.2) is 28.7 Å². The van der Waals surface area contributed by atoms with Crippen molar-refractivity contribution in [3.63, 3.8) is 0 Å². The van der Waals surface area contributed by atoms with Gasteiger partial charge in [-0.3, -0.25) is 4.90 Å². The third-order valence-electron chi connectivity index (χ3n) is 3.84. The Morgan fingerprint density at radius 1 is 1.39 bits per heavy atom. The number of ether oxygens (including phenoxy) is 1. The number of furan rings is 1. The van der Waals surface area contributed by atoms with Crippen molar-refractivity contribution < 1.29 is 13.9 Å². The van der Waals surface area contributed by atoms with Crippen molar-refractivity contribution in [3.8, 4) is 0 Å². The van der Waals surface area contributed by atoms with Gasteiger partial charge in [-0.2, -0.15) is 11.8 Å². The van der Waals surface area contributed by atoms with E-state index in [1.807, 2.05) is 35.7 Å². The van der Waals surface area contributed by atoms with E-state index in [2.05, 4.69) is 19.1 Å². The maximum Gasteiger partial charge on any atom is 0.410 e. The second kappa shape index (κ2) is 9.71. The van der Waals surface area contributed by atoms with Crippen molar-refractivity contribution in [2.24, 2.45) is 0 Å². The number of unbranched alkanes of at least 4 members (excludes halogenated alkanes) is 1. The van der Waals surface area contributed by atoms with Gasteiger partial charge in [0.25, 0.3) is 0 Å². The number of hydrogen-bond acceptors (Lipinski definition) is 4. The van der Waals surface area contributed by atoms with Crippen LogP contribution in [0.3, 0.4) is 0 Å². The van der Waals surface area contributed by atoms with E-state index in [9.17, 15) is 4.79 Å². The lowest BCUT2D eigenvalue weighted by Gasteiger charge is -2.18. The summed E-state index contributed by atoms with van der Waals surface area (Å²) in [7, 11) is 0. The first kappa shape index (κ1) is 18.0. The predicted molar refractivity (Wildman–Crippen MR) is 95.0 cm³/mol. The normalized spacial score (nSPS) is 18.1. The molecule has 1 saturated heterocycles. The van der Waals surface area contributed by atoms with Gasteiger partial charge in [-0.25, -0.2) is 4.79 Å². The summed E-state index contributed by atoms with van der Waals surface area (Å²) < 4.78 is 10.7. The summed E-state index contributed by atoms with van der Waals surface area (Å²) in [6.45, 7) is 5.38. The molecule has 2 heterocycles. The van der Waals surface area contributed by atoms with Gasteiger partial charge >= 0.3 is 6.09 Å². The molecule has 1 aliphatic heterocycles. The molecule has 23 heavy (non-hydrogen) atoms. The first-order chi connectivity index (χ1) is 11.2. The molecule has 1 unspecified atom stereocenters. The molecule has 2 rings (SSSR count). The van der Waals surface area contributed by atoms with Gasteiger partial charge in [0.2, 0.25) is 0 Å². The SMILES string of the molecule is CCCCSCCN1C(=O)OCC1/C=C/CCc1ccc(C)o1. The van der Waals surface area contributed by atoms with Gasteiger partial charge in [-0.1, -0.05) is 25.5 Å². The van der Waals surface area contributed by atoms with Gasteiger partial charge in [-0.15, -0.1) is 0 Å². The van der Waals surface area contributed by atoms with Gasteiger partial charge < -0.3 is 9.15 Å². The number of amides is 1. The number of nitrogens with zero attached hydrogens (tertiary/aromatic N) is 1. The molecule has 1 atom stereocenters. The molecule has 0 aliphatic carbocycles. The Balaban J connectivity index is 1.71. The Hall–Kier alpha value is -1.36. The Labute approximate surface area is 143 Å². The number of carbonyl (C=O) groups is 1. The molecule has 1 aliphatic rings. The standard InChI is InChI=1S/C18H27NO3S/c1-3-4-12-23-13-11-19-16(14-21-18(19)20)7-5-6-8-17-10-9-15(2)22-17/h5,7,9-10,16H,3-4,6,8,11-14H2,1-2H3/b7-5+. The second-order valence-electron chi connectivity index (χ2n) is 5.78. The van der Waals surface area contributed by atoms with E-state index in [-0.39, 0.29) is 12.1 Å². The number of hydrogen-bond donors (Lipinski definition) is 0. The number of carbonyl (C=O) groups excluding carboxylic acids is 1. The summed E-state index contributed by atoms with van der Waals surface area (Å²) in [6.07, 6.45) is 8.30. The topological polar surface area (TPSA) is 42.7 Å². The first-order valence-corrected chi connectivity index (χ1v) is 9.59. The summed E-state index contributed by atoms with van der Waals surface area (Å²) in [5.74, 6) is 4.11. The van der Waals surface area contributed by atoms with Crippen LogP contribution < -0.4 is 0 Å². The highest BCUT2D eigenvalue weighted by Gasteiger charge is 2.30. The molecular weight excluding hydrogens is 310 g/mol. The molecule has 0 bridgehead atoms. The van der Waals surface area contributed by atoms with Gasteiger partial charge in [0.05, 0.1) is 6.04 Å². The smallest absolute Gasteiger partial charge is 0.410 e. The number of allylic oxidation sites excluding steroid dienone is 1. The largest absolute Gasteiger partial charge is 0.466 e. The maximum absolute atomic E-state index is 11.8. The van der Waals surface area contributed by atoms with Crippen molar-refractivity contribution in [2.45, 2.75) is 45.6 Å². The fraction of sp³-hybridized carbons (Fsp3) is 0.611. The van der Waals surface area contributed by atoms with Gasteiger partial charge in [0, 0.05) is 18.7 Å². The molecule has 0 N–H and O–H groups in total. The van der Waals surface area contributed by atoms with Crippen LogP contribution in [-0.4, -0.2) is 41.7 Å². The van der Waals surface area contributed by atoms with Crippen LogP contribution >= 0.6 is 11.8 Å². The second-order valence-corrected chi connectivity index (χ2v) is 7.01. The van der Waals surface area contributed by atoms with E-state index in [0.717, 1.165) is 36.7 Å². The van der Waals surface area contributed by atoms with Crippen LogP contribution in [0, 0.1) is 6.92 Å².